The van der Waals surface area contributed by atoms with Crippen LogP contribution in [0.4, 0.5) is 0 Å². The number of hydrogen-bond donors (Lipinski definition) is 0. The van der Waals surface area contributed by atoms with Crippen LogP contribution in [0.2, 0.25) is 0 Å². The number of furan rings is 1. The zero-order valence-electron chi connectivity index (χ0n) is 15.0. The number of thioether (sulfide) groups is 1. The lowest BCUT2D eigenvalue weighted by Crippen LogP contribution is -2.43. The molecule has 0 N–H and O–H groups in total. The number of ether oxygens (including phenoxy) is 3. The SMILES string of the molecule is CC(=O)N1[C@@H](C(=O)OCC(=O)c2ccc3c(c2)OCO3)CS[C@@H]1c1ccco1. The lowest BCUT2D eigenvalue weighted by atomic mass is 10.1. The highest BCUT2D eigenvalue weighted by atomic mass is 32.2. The summed E-state index contributed by atoms with van der Waals surface area (Å²) < 4.78 is 21.0. The van der Waals surface area contributed by atoms with E-state index in [1.807, 2.05) is 0 Å². The minimum absolute atomic E-state index is 0.110. The highest BCUT2D eigenvalue weighted by Gasteiger charge is 2.43. The summed E-state index contributed by atoms with van der Waals surface area (Å²) in [6.45, 7) is 1.08. The van der Waals surface area contributed by atoms with Gasteiger partial charge in [0.1, 0.15) is 17.2 Å². The van der Waals surface area contributed by atoms with Gasteiger partial charge in [0, 0.05) is 18.2 Å². The fourth-order valence-corrected chi connectivity index (χ4v) is 4.53. The van der Waals surface area contributed by atoms with E-state index in [1.54, 1.807) is 30.3 Å². The van der Waals surface area contributed by atoms with Crippen LogP contribution in [0.15, 0.2) is 41.0 Å². The normalized spacial score (nSPS) is 20.2. The van der Waals surface area contributed by atoms with E-state index in [-0.39, 0.29) is 18.5 Å². The third kappa shape index (κ3) is 3.45. The van der Waals surface area contributed by atoms with Gasteiger partial charge < -0.3 is 23.5 Å². The maximum Gasteiger partial charge on any atom is 0.330 e. The zero-order valence-corrected chi connectivity index (χ0v) is 15.8. The van der Waals surface area contributed by atoms with Crippen LogP contribution in [0, 0.1) is 0 Å². The Kier molecular flexibility index (Phi) is 4.99. The Hall–Kier alpha value is -2.94. The van der Waals surface area contributed by atoms with Crippen molar-refractivity contribution in [2.75, 3.05) is 19.2 Å². The van der Waals surface area contributed by atoms with Crippen molar-refractivity contribution in [3.63, 3.8) is 0 Å². The smallest absolute Gasteiger partial charge is 0.330 e. The zero-order chi connectivity index (χ0) is 19.7. The van der Waals surface area contributed by atoms with Crippen molar-refractivity contribution in [2.24, 2.45) is 0 Å². The van der Waals surface area contributed by atoms with Crippen LogP contribution in [-0.4, -0.2) is 47.8 Å². The van der Waals surface area contributed by atoms with Gasteiger partial charge in [-0.3, -0.25) is 9.59 Å². The van der Waals surface area contributed by atoms with Crippen LogP contribution < -0.4 is 9.47 Å². The number of benzene rings is 1. The summed E-state index contributed by atoms with van der Waals surface area (Å²) in [4.78, 5) is 38.4. The Labute approximate surface area is 164 Å². The molecule has 9 heteroatoms. The van der Waals surface area contributed by atoms with E-state index in [1.165, 1.54) is 29.8 Å². The molecule has 146 valence electrons. The number of fused-ring (bicyclic) bond motifs is 1. The van der Waals surface area contributed by atoms with Gasteiger partial charge in [-0.25, -0.2) is 4.79 Å². The van der Waals surface area contributed by atoms with E-state index < -0.39 is 24.0 Å². The molecule has 0 aliphatic carbocycles. The molecule has 2 aromatic rings. The lowest BCUT2D eigenvalue weighted by molar-refractivity contribution is -0.152. The predicted octanol–water partition coefficient (Wildman–Crippen LogP) is 2.40. The van der Waals surface area contributed by atoms with Crippen molar-refractivity contribution in [1.29, 1.82) is 0 Å². The first-order valence-corrected chi connectivity index (χ1v) is 9.63. The molecule has 1 fully saturated rings. The third-order valence-electron chi connectivity index (χ3n) is 4.46. The van der Waals surface area contributed by atoms with Crippen LogP contribution >= 0.6 is 11.8 Å². The van der Waals surface area contributed by atoms with E-state index >= 15 is 0 Å². The molecule has 0 saturated carbocycles. The second-order valence-corrected chi connectivity index (χ2v) is 7.36. The van der Waals surface area contributed by atoms with Crippen molar-refractivity contribution in [3.8, 4) is 11.5 Å². The number of Topliss-reactive ketones (excluding diaryl/α,β-unsaturated/α-hetero) is 1. The van der Waals surface area contributed by atoms with Crippen molar-refractivity contribution < 1.29 is 33.0 Å². The Balaban J connectivity index is 1.40. The van der Waals surface area contributed by atoms with Crippen molar-refractivity contribution in [2.45, 2.75) is 18.3 Å². The Morgan fingerprint density at radius 2 is 2.04 bits per heavy atom. The molecule has 0 spiro atoms. The largest absolute Gasteiger partial charge is 0.466 e. The van der Waals surface area contributed by atoms with E-state index in [2.05, 4.69) is 0 Å². The highest BCUT2D eigenvalue weighted by Crippen LogP contribution is 2.41. The number of hydrogen-bond acceptors (Lipinski definition) is 8. The van der Waals surface area contributed by atoms with Crippen molar-refractivity contribution >= 4 is 29.4 Å². The summed E-state index contributed by atoms with van der Waals surface area (Å²) in [6, 6.07) is 7.48. The molecular formula is C19H17NO7S. The lowest BCUT2D eigenvalue weighted by Gasteiger charge is -2.25. The first-order valence-electron chi connectivity index (χ1n) is 8.58. The maximum absolute atomic E-state index is 12.5. The molecule has 28 heavy (non-hydrogen) atoms. The van der Waals surface area contributed by atoms with Gasteiger partial charge in [0.05, 0.1) is 6.26 Å². The quantitative estimate of drug-likeness (QED) is 0.555. The summed E-state index contributed by atoms with van der Waals surface area (Å²) in [6.07, 6.45) is 1.52. The summed E-state index contributed by atoms with van der Waals surface area (Å²) in [7, 11) is 0. The first-order chi connectivity index (χ1) is 13.5. The van der Waals surface area contributed by atoms with Crippen molar-refractivity contribution in [1.82, 2.24) is 4.90 Å². The van der Waals surface area contributed by atoms with Crippen LogP contribution in [0.5, 0.6) is 11.5 Å². The molecular weight excluding hydrogens is 386 g/mol. The van der Waals surface area contributed by atoms with Crippen LogP contribution in [0.25, 0.3) is 0 Å². The molecule has 8 nitrogen and oxygen atoms in total. The summed E-state index contributed by atoms with van der Waals surface area (Å²) >= 11 is 1.41. The topological polar surface area (TPSA) is 95.3 Å². The Morgan fingerprint density at radius 1 is 1.21 bits per heavy atom. The van der Waals surface area contributed by atoms with Crippen LogP contribution in [0.3, 0.4) is 0 Å². The first kappa shape index (κ1) is 18.4. The minimum Gasteiger partial charge on any atom is -0.466 e. The molecule has 1 amide bonds. The third-order valence-corrected chi connectivity index (χ3v) is 5.75. The number of carbonyl (C=O) groups is 3. The predicted molar refractivity (Wildman–Crippen MR) is 98.1 cm³/mol. The number of carbonyl (C=O) groups excluding carboxylic acids is 3. The van der Waals surface area contributed by atoms with Gasteiger partial charge in [-0.1, -0.05) is 0 Å². The van der Waals surface area contributed by atoms with Gasteiger partial charge in [0.15, 0.2) is 23.9 Å². The highest BCUT2D eigenvalue weighted by molar-refractivity contribution is 7.99. The molecule has 2 aliphatic heterocycles. The second-order valence-electron chi connectivity index (χ2n) is 6.24. The molecule has 0 unspecified atom stereocenters. The molecule has 1 aromatic carbocycles. The van der Waals surface area contributed by atoms with Gasteiger partial charge >= 0.3 is 5.97 Å². The molecule has 0 radical (unpaired) electrons. The average Bonchev–Trinajstić information content (AvgIpc) is 3.44. The molecule has 2 atom stereocenters. The number of esters is 1. The van der Waals surface area contributed by atoms with Gasteiger partial charge in [0.25, 0.3) is 0 Å². The van der Waals surface area contributed by atoms with Crippen LogP contribution in [-0.2, 0) is 14.3 Å². The number of rotatable bonds is 5. The monoisotopic (exact) mass is 403 g/mol. The van der Waals surface area contributed by atoms with E-state index in [9.17, 15) is 14.4 Å². The fraction of sp³-hybridized carbons (Fsp3) is 0.316. The van der Waals surface area contributed by atoms with Crippen molar-refractivity contribution in [3.05, 3.63) is 47.9 Å². The molecule has 2 aliphatic rings. The van der Waals surface area contributed by atoms with Crippen LogP contribution in [0.1, 0.15) is 28.4 Å². The number of ketones is 1. The van der Waals surface area contributed by atoms with Gasteiger partial charge in [-0.05, 0) is 30.3 Å². The van der Waals surface area contributed by atoms with E-state index in [0.717, 1.165) is 0 Å². The van der Waals surface area contributed by atoms with E-state index in [0.29, 0.717) is 28.6 Å². The molecule has 1 aromatic heterocycles. The van der Waals surface area contributed by atoms with Gasteiger partial charge in [0.2, 0.25) is 12.7 Å². The Bertz CT molecular complexity index is 911. The van der Waals surface area contributed by atoms with Gasteiger partial charge in [-0.15, -0.1) is 11.8 Å². The fourth-order valence-electron chi connectivity index (χ4n) is 3.11. The number of nitrogens with zero attached hydrogens (tertiary/aromatic N) is 1. The maximum atomic E-state index is 12.5. The number of amides is 1. The molecule has 0 bridgehead atoms. The second kappa shape index (κ2) is 7.59. The summed E-state index contributed by atoms with van der Waals surface area (Å²) in [5, 5.41) is -0.394. The molecule has 3 heterocycles. The summed E-state index contributed by atoms with van der Waals surface area (Å²) in [5.41, 5.74) is 0.356. The standard InChI is InChI=1S/C19H17NO7S/c1-11(21)20-13(9-28-18(20)16-3-2-6-24-16)19(23)25-8-14(22)12-4-5-15-17(7-12)27-10-26-15/h2-7,13,18H,8-10H2,1H3/t13-,18-/m1/s1. The molecule has 1 saturated heterocycles. The Morgan fingerprint density at radius 3 is 2.79 bits per heavy atom. The minimum atomic E-state index is -0.776. The van der Waals surface area contributed by atoms with E-state index in [4.69, 9.17) is 18.6 Å². The average molecular weight is 403 g/mol. The summed E-state index contributed by atoms with van der Waals surface area (Å²) in [5.74, 6) is 0.746. The van der Waals surface area contributed by atoms with Gasteiger partial charge in [-0.2, -0.15) is 0 Å². The molecule has 4 rings (SSSR count).